The zero-order valence-corrected chi connectivity index (χ0v) is 18.2. The Labute approximate surface area is 174 Å². The molecule has 0 aromatic heterocycles. The quantitative estimate of drug-likeness (QED) is 0.814. The highest BCUT2D eigenvalue weighted by Crippen LogP contribution is 2.26. The highest BCUT2D eigenvalue weighted by atomic mass is 32.2. The lowest BCUT2D eigenvalue weighted by molar-refractivity contribution is -0.121. The van der Waals surface area contributed by atoms with Crippen LogP contribution in [0.2, 0.25) is 0 Å². The molecule has 1 saturated heterocycles. The summed E-state index contributed by atoms with van der Waals surface area (Å²) in [4.78, 5) is 12.6. The van der Waals surface area contributed by atoms with Crippen LogP contribution in [0.3, 0.4) is 0 Å². The molecule has 29 heavy (non-hydrogen) atoms. The second-order valence-corrected chi connectivity index (χ2v) is 10.6. The summed E-state index contributed by atoms with van der Waals surface area (Å²) in [5.41, 5.74) is 2.07. The second-order valence-electron chi connectivity index (χ2n) is 8.68. The summed E-state index contributed by atoms with van der Waals surface area (Å²) >= 11 is 0. The monoisotopic (exact) mass is 414 g/mol. The molecule has 0 aliphatic carbocycles. The number of hydrogen-bond acceptors (Lipinski definition) is 3. The van der Waals surface area contributed by atoms with E-state index in [1.54, 1.807) is 12.1 Å². The maximum absolute atomic E-state index is 13.0. The van der Waals surface area contributed by atoms with Gasteiger partial charge in [0.05, 0.1) is 11.3 Å². The van der Waals surface area contributed by atoms with E-state index < -0.39 is 10.0 Å². The third-order valence-electron chi connectivity index (χ3n) is 5.38. The van der Waals surface area contributed by atoms with E-state index in [1.807, 2.05) is 42.5 Å². The van der Waals surface area contributed by atoms with Gasteiger partial charge in [-0.2, -0.15) is 4.31 Å². The Kier molecular flexibility index (Phi) is 6.44. The Morgan fingerprint density at radius 1 is 1.00 bits per heavy atom. The zero-order valence-electron chi connectivity index (χ0n) is 17.4. The summed E-state index contributed by atoms with van der Waals surface area (Å²) < 4.78 is 27.4. The van der Waals surface area contributed by atoms with Gasteiger partial charge in [-0.1, -0.05) is 63.2 Å². The van der Waals surface area contributed by atoms with Crippen molar-refractivity contribution in [2.45, 2.75) is 56.4 Å². The Balaban J connectivity index is 1.56. The Morgan fingerprint density at radius 2 is 1.59 bits per heavy atom. The van der Waals surface area contributed by atoms with E-state index in [1.165, 1.54) is 4.31 Å². The number of hydrogen-bond donors (Lipinski definition) is 1. The van der Waals surface area contributed by atoms with Crippen LogP contribution in [0.15, 0.2) is 59.5 Å². The number of carbonyl (C=O) groups excluding carboxylic acids is 1. The van der Waals surface area contributed by atoms with Gasteiger partial charge in [-0.3, -0.25) is 4.79 Å². The molecular formula is C23H30N2O3S. The molecule has 156 valence electrons. The number of piperidine rings is 1. The number of benzene rings is 2. The Hall–Kier alpha value is -2.18. The minimum Gasteiger partial charge on any atom is -0.353 e. The fourth-order valence-electron chi connectivity index (χ4n) is 3.58. The van der Waals surface area contributed by atoms with Gasteiger partial charge in [0, 0.05) is 19.1 Å². The van der Waals surface area contributed by atoms with Gasteiger partial charge < -0.3 is 5.32 Å². The number of rotatable bonds is 5. The van der Waals surface area contributed by atoms with Crippen LogP contribution in [0.4, 0.5) is 0 Å². The van der Waals surface area contributed by atoms with Gasteiger partial charge in [-0.05, 0) is 41.5 Å². The summed E-state index contributed by atoms with van der Waals surface area (Å²) in [5, 5.41) is 3.04. The van der Waals surface area contributed by atoms with E-state index in [4.69, 9.17) is 0 Å². The highest BCUT2D eigenvalue weighted by Gasteiger charge is 2.30. The summed E-state index contributed by atoms with van der Waals surface area (Å²) in [5.74, 6) is -0.0183. The molecule has 2 aromatic carbocycles. The molecule has 1 heterocycles. The lowest BCUT2D eigenvalue weighted by Gasteiger charge is -2.31. The van der Waals surface area contributed by atoms with Crippen LogP contribution < -0.4 is 5.32 Å². The van der Waals surface area contributed by atoms with Gasteiger partial charge in [0.25, 0.3) is 0 Å². The van der Waals surface area contributed by atoms with Crippen LogP contribution in [-0.2, 0) is 26.7 Å². The minimum atomic E-state index is -3.50. The zero-order chi connectivity index (χ0) is 21.1. The van der Waals surface area contributed by atoms with Crippen molar-refractivity contribution in [1.29, 1.82) is 0 Å². The Bertz CT molecular complexity index is 924. The average Bonchev–Trinajstić information content (AvgIpc) is 2.68. The average molecular weight is 415 g/mol. The number of sulfonamides is 1. The maximum atomic E-state index is 13.0. The van der Waals surface area contributed by atoms with Crippen molar-refractivity contribution >= 4 is 15.9 Å². The van der Waals surface area contributed by atoms with Crippen molar-refractivity contribution < 1.29 is 13.2 Å². The van der Waals surface area contributed by atoms with Crippen LogP contribution in [0, 0.1) is 0 Å². The number of carbonyl (C=O) groups is 1. The predicted octanol–water partition coefficient (Wildman–Crippen LogP) is 3.50. The SMILES string of the molecule is CC(C)(C)c1ccc(S(=O)(=O)N2CCC(NC(=O)Cc3ccccc3)CC2)cc1. The van der Waals surface area contributed by atoms with Crippen molar-refractivity contribution in [2.75, 3.05) is 13.1 Å². The van der Waals surface area contributed by atoms with E-state index in [0.29, 0.717) is 37.2 Å². The van der Waals surface area contributed by atoms with Crippen molar-refractivity contribution in [3.05, 3.63) is 65.7 Å². The lowest BCUT2D eigenvalue weighted by atomic mass is 9.87. The summed E-state index contributed by atoms with van der Waals surface area (Å²) in [6.07, 6.45) is 1.60. The van der Waals surface area contributed by atoms with Crippen LogP contribution in [0.25, 0.3) is 0 Å². The molecule has 1 aliphatic heterocycles. The van der Waals surface area contributed by atoms with Gasteiger partial charge in [-0.15, -0.1) is 0 Å². The molecule has 0 unspecified atom stereocenters. The first-order chi connectivity index (χ1) is 13.7. The van der Waals surface area contributed by atoms with E-state index in [0.717, 1.165) is 11.1 Å². The second kappa shape index (κ2) is 8.67. The number of nitrogens with one attached hydrogen (secondary N) is 1. The van der Waals surface area contributed by atoms with Gasteiger partial charge in [0.2, 0.25) is 15.9 Å². The van der Waals surface area contributed by atoms with Gasteiger partial charge in [0.1, 0.15) is 0 Å². The first kappa shape index (κ1) is 21.5. The molecule has 6 heteroatoms. The highest BCUT2D eigenvalue weighted by molar-refractivity contribution is 7.89. The molecule has 1 aliphatic rings. The molecule has 5 nitrogen and oxygen atoms in total. The van der Waals surface area contributed by atoms with Gasteiger partial charge in [-0.25, -0.2) is 8.42 Å². The van der Waals surface area contributed by atoms with Crippen molar-refractivity contribution in [1.82, 2.24) is 9.62 Å². The molecule has 0 saturated carbocycles. The molecule has 2 aromatic rings. The van der Waals surface area contributed by atoms with E-state index in [2.05, 4.69) is 26.1 Å². The maximum Gasteiger partial charge on any atom is 0.243 e. The Morgan fingerprint density at radius 3 is 2.14 bits per heavy atom. The van der Waals surface area contributed by atoms with Crippen LogP contribution in [0.1, 0.15) is 44.7 Å². The molecule has 1 amide bonds. The van der Waals surface area contributed by atoms with Crippen LogP contribution >= 0.6 is 0 Å². The fourth-order valence-corrected chi connectivity index (χ4v) is 5.05. The summed E-state index contributed by atoms with van der Waals surface area (Å²) in [7, 11) is -3.50. The minimum absolute atomic E-state index is 0.0147. The van der Waals surface area contributed by atoms with Crippen molar-refractivity contribution in [3.8, 4) is 0 Å². The first-order valence-electron chi connectivity index (χ1n) is 10.1. The predicted molar refractivity (Wildman–Crippen MR) is 115 cm³/mol. The van der Waals surface area contributed by atoms with Crippen molar-refractivity contribution in [2.24, 2.45) is 0 Å². The standard InChI is InChI=1S/C23H30N2O3S/c1-23(2,3)19-9-11-21(12-10-19)29(27,28)25-15-13-20(14-16-25)24-22(26)17-18-7-5-4-6-8-18/h4-12,20H,13-17H2,1-3H3,(H,24,26). The fraction of sp³-hybridized carbons (Fsp3) is 0.435. The molecule has 0 spiro atoms. The molecular weight excluding hydrogens is 384 g/mol. The lowest BCUT2D eigenvalue weighted by Crippen LogP contribution is -2.46. The first-order valence-corrected chi connectivity index (χ1v) is 11.5. The summed E-state index contributed by atoms with van der Waals surface area (Å²) in [6, 6.07) is 16.8. The summed E-state index contributed by atoms with van der Waals surface area (Å²) in [6.45, 7) is 7.15. The van der Waals surface area contributed by atoms with Crippen LogP contribution in [-0.4, -0.2) is 37.8 Å². The van der Waals surface area contributed by atoms with Crippen LogP contribution in [0.5, 0.6) is 0 Å². The van der Waals surface area contributed by atoms with E-state index in [9.17, 15) is 13.2 Å². The third-order valence-corrected chi connectivity index (χ3v) is 7.30. The van der Waals surface area contributed by atoms with E-state index >= 15 is 0 Å². The topological polar surface area (TPSA) is 66.5 Å². The largest absolute Gasteiger partial charge is 0.353 e. The molecule has 1 fully saturated rings. The molecule has 3 rings (SSSR count). The third kappa shape index (κ3) is 5.46. The number of amides is 1. The van der Waals surface area contributed by atoms with E-state index in [-0.39, 0.29) is 17.4 Å². The van der Waals surface area contributed by atoms with Gasteiger partial charge in [0.15, 0.2) is 0 Å². The smallest absolute Gasteiger partial charge is 0.243 e. The van der Waals surface area contributed by atoms with Gasteiger partial charge >= 0.3 is 0 Å². The number of nitrogens with zero attached hydrogens (tertiary/aromatic N) is 1. The molecule has 1 N–H and O–H groups in total. The molecule has 0 radical (unpaired) electrons. The van der Waals surface area contributed by atoms with Crippen molar-refractivity contribution in [3.63, 3.8) is 0 Å². The molecule has 0 atom stereocenters. The molecule has 0 bridgehead atoms. The normalized spacial score (nSPS) is 16.5.